The highest BCUT2D eigenvalue weighted by Crippen LogP contribution is 2.39. The van der Waals surface area contributed by atoms with Crippen LogP contribution in [-0.2, 0) is 16.1 Å². The summed E-state index contributed by atoms with van der Waals surface area (Å²) >= 11 is 3.26. The van der Waals surface area contributed by atoms with E-state index in [4.69, 9.17) is 4.74 Å². The third-order valence-corrected chi connectivity index (χ3v) is 6.24. The lowest BCUT2D eigenvalue weighted by molar-refractivity contribution is -0.132. The monoisotopic (exact) mass is 381 g/mol. The van der Waals surface area contributed by atoms with Crippen LogP contribution in [0.2, 0.25) is 0 Å². The second-order valence-corrected chi connectivity index (χ2v) is 8.40. The smallest absolute Gasteiger partial charge is 0.246 e. The third kappa shape index (κ3) is 4.27. The second kappa shape index (κ2) is 7.92. The minimum atomic E-state index is -0.989. The number of nitrogens with one attached hydrogen (secondary N) is 1. The van der Waals surface area contributed by atoms with Gasteiger partial charge in [-0.3, -0.25) is 9.69 Å². The Morgan fingerprint density at radius 3 is 3.00 bits per heavy atom. The molecule has 2 N–H and O–H groups in total. The topological polar surface area (TPSA) is 74.7 Å². The number of thiazole rings is 1. The fourth-order valence-corrected chi connectivity index (χ4v) is 4.82. The van der Waals surface area contributed by atoms with E-state index >= 15 is 0 Å². The lowest BCUT2D eigenvalue weighted by atomic mass is 9.81. The predicted octanol–water partition coefficient (Wildman–Crippen LogP) is 2.03. The van der Waals surface area contributed by atoms with Crippen LogP contribution in [0, 0.1) is 0 Å². The van der Waals surface area contributed by atoms with E-state index in [2.05, 4.69) is 21.3 Å². The maximum Gasteiger partial charge on any atom is 0.246 e. The van der Waals surface area contributed by atoms with Crippen molar-refractivity contribution in [3.8, 4) is 0 Å². The molecule has 1 aliphatic rings. The third-order valence-electron chi connectivity index (χ3n) is 4.53. The lowest BCUT2D eigenvalue weighted by Crippen LogP contribution is -2.62. The zero-order valence-corrected chi connectivity index (χ0v) is 16.0. The molecule has 3 rings (SSSR count). The molecule has 0 radical (unpaired) electrons. The molecule has 0 aliphatic carbocycles. The highest BCUT2D eigenvalue weighted by Gasteiger charge is 2.46. The number of carbonyl (C=O) groups is 1. The highest BCUT2D eigenvalue weighted by molar-refractivity contribution is 7.10. The molecule has 136 valence electrons. The van der Waals surface area contributed by atoms with Gasteiger partial charge in [0.15, 0.2) is 0 Å². The molecule has 1 aliphatic heterocycles. The number of nitrogens with zero attached hydrogens (tertiary/aromatic N) is 2. The number of aliphatic hydroxyl groups is 1. The molecule has 25 heavy (non-hydrogen) atoms. The standard InChI is InChI=1S/C17H23N3O3S2/c1-17(22)5-7-20(10-14-18-6-9-25-14)15(12-4-3-8-24-12)16(17)19-13(21)11-23-2/h3-4,6,8-9,15-16,22H,5,7,10-11H2,1-2H3,(H,19,21)/t15-,16-,17+/m0/s1. The fraction of sp³-hybridized carbons (Fsp3) is 0.529. The van der Waals surface area contributed by atoms with Crippen molar-refractivity contribution >= 4 is 28.6 Å². The van der Waals surface area contributed by atoms with Gasteiger partial charge in [-0.05, 0) is 24.8 Å². The van der Waals surface area contributed by atoms with Crippen LogP contribution >= 0.6 is 22.7 Å². The molecule has 0 saturated carbocycles. The molecule has 2 aromatic rings. The van der Waals surface area contributed by atoms with E-state index in [1.807, 2.05) is 16.8 Å². The molecule has 3 atom stereocenters. The Morgan fingerprint density at radius 1 is 1.52 bits per heavy atom. The maximum atomic E-state index is 12.2. The number of hydrogen-bond donors (Lipinski definition) is 2. The number of aromatic nitrogens is 1. The van der Waals surface area contributed by atoms with E-state index in [9.17, 15) is 9.90 Å². The van der Waals surface area contributed by atoms with Gasteiger partial charge in [0, 0.05) is 30.1 Å². The molecular formula is C17H23N3O3S2. The van der Waals surface area contributed by atoms with Crippen LogP contribution < -0.4 is 5.32 Å². The van der Waals surface area contributed by atoms with Crippen LogP contribution in [-0.4, -0.2) is 52.8 Å². The Morgan fingerprint density at radius 2 is 2.36 bits per heavy atom. The summed E-state index contributed by atoms with van der Waals surface area (Å²) in [5, 5.41) is 19.0. The fourth-order valence-electron chi connectivity index (χ4n) is 3.28. The first-order valence-electron chi connectivity index (χ1n) is 8.18. The van der Waals surface area contributed by atoms with Gasteiger partial charge < -0.3 is 15.2 Å². The Labute approximate surface area is 155 Å². The van der Waals surface area contributed by atoms with Crippen molar-refractivity contribution in [1.82, 2.24) is 15.2 Å². The van der Waals surface area contributed by atoms with Crippen molar-refractivity contribution in [3.05, 3.63) is 39.0 Å². The lowest BCUT2D eigenvalue weighted by Gasteiger charge is -2.48. The summed E-state index contributed by atoms with van der Waals surface area (Å²) in [6.07, 6.45) is 2.39. The molecular weight excluding hydrogens is 358 g/mol. The van der Waals surface area contributed by atoms with E-state index < -0.39 is 11.6 Å². The zero-order chi connectivity index (χ0) is 17.9. The van der Waals surface area contributed by atoms with Crippen molar-refractivity contribution in [1.29, 1.82) is 0 Å². The summed E-state index contributed by atoms with van der Waals surface area (Å²) < 4.78 is 4.94. The quantitative estimate of drug-likeness (QED) is 0.801. The summed E-state index contributed by atoms with van der Waals surface area (Å²) in [5.74, 6) is -0.217. The van der Waals surface area contributed by atoms with Crippen LogP contribution in [0.5, 0.6) is 0 Å². The number of ether oxygens (including phenoxy) is 1. The van der Waals surface area contributed by atoms with Crippen LogP contribution in [0.25, 0.3) is 0 Å². The summed E-state index contributed by atoms with van der Waals surface area (Å²) in [5.41, 5.74) is -0.989. The van der Waals surface area contributed by atoms with Gasteiger partial charge in [-0.15, -0.1) is 22.7 Å². The van der Waals surface area contributed by atoms with Gasteiger partial charge >= 0.3 is 0 Å². The minimum absolute atomic E-state index is 0.0176. The number of methoxy groups -OCH3 is 1. The maximum absolute atomic E-state index is 12.2. The molecule has 0 aromatic carbocycles. The Kier molecular flexibility index (Phi) is 5.85. The summed E-state index contributed by atoms with van der Waals surface area (Å²) in [6, 6.07) is 3.54. The molecule has 1 saturated heterocycles. The van der Waals surface area contributed by atoms with Crippen LogP contribution in [0.15, 0.2) is 29.1 Å². The van der Waals surface area contributed by atoms with E-state index in [-0.39, 0.29) is 18.6 Å². The number of amides is 1. The van der Waals surface area contributed by atoms with E-state index in [1.165, 1.54) is 7.11 Å². The average Bonchev–Trinajstić information content (AvgIpc) is 3.25. The molecule has 3 heterocycles. The zero-order valence-electron chi connectivity index (χ0n) is 14.3. The Hall–Kier alpha value is -1.32. The van der Waals surface area contributed by atoms with E-state index in [0.717, 1.165) is 16.4 Å². The normalized spacial score (nSPS) is 27.3. The first kappa shape index (κ1) is 18.5. The minimum Gasteiger partial charge on any atom is -0.388 e. The van der Waals surface area contributed by atoms with Crippen LogP contribution in [0.1, 0.15) is 29.3 Å². The first-order valence-corrected chi connectivity index (χ1v) is 9.93. The molecule has 2 aromatic heterocycles. The number of piperidine rings is 1. The molecule has 0 spiro atoms. The van der Waals surface area contributed by atoms with Crippen molar-refractivity contribution in [3.63, 3.8) is 0 Å². The van der Waals surface area contributed by atoms with E-state index in [1.54, 1.807) is 35.8 Å². The Balaban J connectivity index is 1.90. The van der Waals surface area contributed by atoms with Crippen LogP contribution in [0.3, 0.4) is 0 Å². The van der Waals surface area contributed by atoms with Crippen molar-refractivity contribution in [2.24, 2.45) is 0 Å². The van der Waals surface area contributed by atoms with Crippen LogP contribution in [0.4, 0.5) is 0 Å². The number of carbonyl (C=O) groups excluding carboxylic acids is 1. The largest absolute Gasteiger partial charge is 0.388 e. The van der Waals surface area contributed by atoms with Gasteiger partial charge in [0.05, 0.1) is 24.2 Å². The molecule has 0 bridgehead atoms. The summed E-state index contributed by atoms with van der Waals surface area (Å²) in [6.45, 7) is 3.22. The van der Waals surface area contributed by atoms with Gasteiger partial charge in [0.1, 0.15) is 11.6 Å². The van der Waals surface area contributed by atoms with Gasteiger partial charge in [-0.25, -0.2) is 4.98 Å². The first-order chi connectivity index (χ1) is 12.0. The Bertz CT molecular complexity index is 673. The molecule has 6 nitrogen and oxygen atoms in total. The van der Waals surface area contributed by atoms with Gasteiger partial charge in [0.2, 0.25) is 5.91 Å². The average molecular weight is 382 g/mol. The highest BCUT2D eigenvalue weighted by atomic mass is 32.1. The van der Waals surface area contributed by atoms with E-state index in [0.29, 0.717) is 13.0 Å². The number of likely N-dealkylation sites (tertiary alicyclic amines) is 1. The van der Waals surface area contributed by atoms with Crippen molar-refractivity contribution in [2.75, 3.05) is 20.3 Å². The van der Waals surface area contributed by atoms with Crippen molar-refractivity contribution in [2.45, 2.75) is 37.6 Å². The molecule has 8 heteroatoms. The number of hydrogen-bond acceptors (Lipinski definition) is 7. The van der Waals surface area contributed by atoms with Gasteiger partial charge in [0.25, 0.3) is 0 Å². The molecule has 1 fully saturated rings. The molecule has 0 unspecified atom stereocenters. The SMILES string of the molecule is COCC(=O)N[C@H]1[C@H](c2cccs2)N(Cc2nccs2)CC[C@@]1(C)O. The number of rotatable bonds is 6. The van der Waals surface area contributed by atoms with Gasteiger partial charge in [-0.1, -0.05) is 6.07 Å². The van der Waals surface area contributed by atoms with Gasteiger partial charge in [-0.2, -0.15) is 0 Å². The van der Waals surface area contributed by atoms with Crippen molar-refractivity contribution < 1.29 is 14.6 Å². The second-order valence-electron chi connectivity index (χ2n) is 6.44. The number of thiophene rings is 1. The summed E-state index contributed by atoms with van der Waals surface area (Å²) in [7, 11) is 1.49. The molecule has 1 amide bonds. The predicted molar refractivity (Wildman–Crippen MR) is 98.6 cm³/mol. The summed E-state index contributed by atoms with van der Waals surface area (Å²) in [4.78, 5) is 20.0.